The van der Waals surface area contributed by atoms with Gasteiger partial charge in [0.15, 0.2) is 0 Å². The summed E-state index contributed by atoms with van der Waals surface area (Å²) < 4.78 is 7.18. The molecular weight excluding hydrogens is 298 g/mol. The van der Waals surface area contributed by atoms with Gasteiger partial charge in [-0.05, 0) is 25.3 Å². The molecule has 2 saturated heterocycles. The van der Waals surface area contributed by atoms with Crippen molar-refractivity contribution in [3.8, 4) is 0 Å². The third-order valence-electron chi connectivity index (χ3n) is 5.12. The van der Waals surface area contributed by atoms with Crippen LogP contribution >= 0.6 is 0 Å². The SMILES string of the molecule is O=C(O)C1CN(C(=O)CCCn2cccn2)CC12CCOCC2. The Balaban J connectivity index is 1.57. The number of hydrogen-bond acceptors (Lipinski definition) is 4. The third kappa shape index (κ3) is 3.39. The van der Waals surface area contributed by atoms with Crippen LogP contribution < -0.4 is 0 Å². The van der Waals surface area contributed by atoms with Crippen LogP contribution in [0.1, 0.15) is 25.7 Å². The first kappa shape index (κ1) is 16.0. The number of carbonyl (C=O) groups is 2. The minimum Gasteiger partial charge on any atom is -0.481 e. The molecule has 1 amide bonds. The first-order valence-corrected chi connectivity index (χ1v) is 8.16. The van der Waals surface area contributed by atoms with E-state index in [-0.39, 0.29) is 11.3 Å². The number of rotatable bonds is 5. The molecule has 0 radical (unpaired) electrons. The lowest BCUT2D eigenvalue weighted by Crippen LogP contribution is -2.40. The fourth-order valence-electron chi connectivity index (χ4n) is 3.77. The van der Waals surface area contributed by atoms with E-state index in [0.29, 0.717) is 45.7 Å². The van der Waals surface area contributed by atoms with Gasteiger partial charge in [-0.15, -0.1) is 0 Å². The van der Waals surface area contributed by atoms with Gasteiger partial charge in [0.2, 0.25) is 5.91 Å². The molecule has 0 aromatic carbocycles. The van der Waals surface area contributed by atoms with Crippen molar-refractivity contribution in [2.24, 2.45) is 11.3 Å². The number of hydrogen-bond donors (Lipinski definition) is 1. The molecule has 0 saturated carbocycles. The van der Waals surface area contributed by atoms with Crippen LogP contribution in [0.4, 0.5) is 0 Å². The standard InChI is InChI=1S/C16H23N3O4/c20-14(3-1-7-19-8-2-6-17-19)18-11-13(15(21)22)16(12-18)4-9-23-10-5-16/h2,6,8,13H,1,3-5,7,9-12H2,(H,21,22). The minimum atomic E-state index is -0.793. The number of amides is 1. The van der Waals surface area contributed by atoms with Crippen molar-refractivity contribution >= 4 is 11.9 Å². The highest BCUT2D eigenvalue weighted by atomic mass is 16.5. The Morgan fingerprint density at radius 1 is 1.35 bits per heavy atom. The summed E-state index contributed by atoms with van der Waals surface area (Å²) in [6, 6.07) is 1.86. The van der Waals surface area contributed by atoms with E-state index in [1.807, 2.05) is 12.3 Å². The molecule has 1 atom stereocenters. The third-order valence-corrected chi connectivity index (χ3v) is 5.12. The number of carboxylic acids is 1. The fraction of sp³-hybridized carbons (Fsp3) is 0.688. The zero-order valence-electron chi connectivity index (χ0n) is 13.2. The van der Waals surface area contributed by atoms with E-state index in [9.17, 15) is 14.7 Å². The molecular formula is C16H23N3O4. The smallest absolute Gasteiger partial charge is 0.308 e. The average molecular weight is 321 g/mol. The highest BCUT2D eigenvalue weighted by Crippen LogP contribution is 2.44. The molecule has 7 nitrogen and oxygen atoms in total. The molecule has 1 aromatic heterocycles. The minimum absolute atomic E-state index is 0.0479. The second-order valence-electron chi connectivity index (χ2n) is 6.51. The van der Waals surface area contributed by atoms with E-state index >= 15 is 0 Å². The van der Waals surface area contributed by atoms with Crippen molar-refractivity contribution in [3.63, 3.8) is 0 Å². The van der Waals surface area contributed by atoms with Crippen molar-refractivity contribution in [1.82, 2.24) is 14.7 Å². The van der Waals surface area contributed by atoms with Crippen LogP contribution in [-0.2, 0) is 20.9 Å². The van der Waals surface area contributed by atoms with Gasteiger partial charge in [-0.25, -0.2) is 0 Å². The molecule has 1 unspecified atom stereocenters. The van der Waals surface area contributed by atoms with Crippen molar-refractivity contribution in [1.29, 1.82) is 0 Å². The number of aliphatic carboxylic acids is 1. The highest BCUT2D eigenvalue weighted by molar-refractivity contribution is 5.79. The van der Waals surface area contributed by atoms with Gasteiger partial charge in [0, 0.05) is 57.1 Å². The molecule has 23 heavy (non-hydrogen) atoms. The number of ether oxygens (including phenoxy) is 1. The number of nitrogens with zero attached hydrogens (tertiary/aromatic N) is 3. The van der Waals surface area contributed by atoms with Gasteiger partial charge in [0.05, 0.1) is 5.92 Å². The van der Waals surface area contributed by atoms with Gasteiger partial charge >= 0.3 is 5.97 Å². The lowest BCUT2D eigenvalue weighted by molar-refractivity contribution is -0.146. The first-order chi connectivity index (χ1) is 11.1. The van der Waals surface area contributed by atoms with Gasteiger partial charge in [0.1, 0.15) is 0 Å². The Kier molecular flexibility index (Phi) is 4.66. The topological polar surface area (TPSA) is 84.7 Å². The second-order valence-corrected chi connectivity index (χ2v) is 6.51. The van der Waals surface area contributed by atoms with Gasteiger partial charge in [-0.3, -0.25) is 14.3 Å². The summed E-state index contributed by atoms with van der Waals surface area (Å²) in [5.74, 6) is -1.22. The summed E-state index contributed by atoms with van der Waals surface area (Å²) in [6.45, 7) is 2.76. The number of likely N-dealkylation sites (tertiary alicyclic amines) is 1. The molecule has 1 spiro atoms. The van der Waals surface area contributed by atoms with Crippen LogP contribution in [0.15, 0.2) is 18.5 Å². The molecule has 0 bridgehead atoms. The van der Waals surface area contributed by atoms with Crippen molar-refractivity contribution in [2.45, 2.75) is 32.2 Å². The van der Waals surface area contributed by atoms with E-state index in [1.165, 1.54) is 0 Å². The Morgan fingerprint density at radius 2 is 2.13 bits per heavy atom. The molecule has 7 heteroatoms. The molecule has 1 aromatic rings. The molecule has 1 N–H and O–H groups in total. The number of aromatic nitrogens is 2. The molecule has 2 aliphatic heterocycles. The van der Waals surface area contributed by atoms with E-state index < -0.39 is 11.9 Å². The quantitative estimate of drug-likeness (QED) is 0.874. The predicted octanol–water partition coefficient (Wildman–Crippen LogP) is 1.00. The summed E-state index contributed by atoms with van der Waals surface area (Å²) in [4.78, 5) is 25.8. The van der Waals surface area contributed by atoms with Crippen molar-refractivity contribution in [2.75, 3.05) is 26.3 Å². The van der Waals surface area contributed by atoms with Gasteiger partial charge in [-0.1, -0.05) is 0 Å². The Bertz CT molecular complexity index is 552. The maximum absolute atomic E-state index is 12.4. The molecule has 126 valence electrons. The summed E-state index contributed by atoms with van der Waals surface area (Å²) in [5, 5.41) is 13.7. The van der Waals surface area contributed by atoms with Gasteiger partial charge < -0.3 is 14.7 Å². The van der Waals surface area contributed by atoms with Crippen LogP contribution in [0, 0.1) is 11.3 Å². The maximum atomic E-state index is 12.4. The van der Waals surface area contributed by atoms with Gasteiger partial charge in [-0.2, -0.15) is 5.10 Å². The van der Waals surface area contributed by atoms with E-state index in [2.05, 4.69) is 5.10 Å². The molecule has 2 aliphatic rings. The van der Waals surface area contributed by atoms with Crippen LogP contribution in [-0.4, -0.2) is 58.0 Å². The van der Waals surface area contributed by atoms with E-state index in [0.717, 1.165) is 12.8 Å². The normalized spacial score (nSPS) is 23.3. The summed E-state index contributed by atoms with van der Waals surface area (Å²) in [6.07, 6.45) is 6.18. The van der Waals surface area contributed by atoms with Crippen molar-refractivity contribution < 1.29 is 19.4 Å². The predicted molar refractivity (Wildman–Crippen MR) is 81.7 cm³/mol. The lowest BCUT2D eigenvalue weighted by Gasteiger charge is -2.36. The zero-order valence-corrected chi connectivity index (χ0v) is 13.2. The Labute approximate surface area is 135 Å². The first-order valence-electron chi connectivity index (χ1n) is 8.16. The summed E-state index contributed by atoms with van der Waals surface area (Å²) in [7, 11) is 0. The summed E-state index contributed by atoms with van der Waals surface area (Å²) in [5.41, 5.74) is -0.304. The average Bonchev–Trinajstić information content (AvgIpc) is 3.16. The monoisotopic (exact) mass is 321 g/mol. The second kappa shape index (κ2) is 6.70. The van der Waals surface area contributed by atoms with Crippen LogP contribution in [0.3, 0.4) is 0 Å². The summed E-state index contributed by atoms with van der Waals surface area (Å²) >= 11 is 0. The number of carboxylic acid groups (broad SMARTS) is 1. The largest absolute Gasteiger partial charge is 0.481 e. The molecule has 2 fully saturated rings. The van der Waals surface area contributed by atoms with Gasteiger partial charge in [0.25, 0.3) is 0 Å². The highest BCUT2D eigenvalue weighted by Gasteiger charge is 2.51. The molecule has 3 rings (SSSR count). The maximum Gasteiger partial charge on any atom is 0.308 e. The zero-order chi connectivity index (χ0) is 16.3. The Morgan fingerprint density at radius 3 is 2.78 bits per heavy atom. The van der Waals surface area contributed by atoms with E-state index in [1.54, 1.807) is 15.8 Å². The van der Waals surface area contributed by atoms with E-state index in [4.69, 9.17) is 4.74 Å². The number of aryl methyl sites for hydroxylation is 1. The number of carbonyl (C=O) groups excluding carboxylic acids is 1. The Hall–Kier alpha value is -1.89. The van der Waals surface area contributed by atoms with Crippen LogP contribution in [0.5, 0.6) is 0 Å². The molecule has 0 aliphatic carbocycles. The van der Waals surface area contributed by atoms with Crippen LogP contribution in [0.25, 0.3) is 0 Å². The fourth-order valence-corrected chi connectivity index (χ4v) is 3.77. The molecule has 3 heterocycles. The van der Waals surface area contributed by atoms with Crippen LogP contribution in [0.2, 0.25) is 0 Å². The lowest BCUT2D eigenvalue weighted by atomic mass is 9.72. The van der Waals surface area contributed by atoms with Crippen molar-refractivity contribution in [3.05, 3.63) is 18.5 Å².